The van der Waals surface area contributed by atoms with E-state index in [1.165, 1.54) is 12.8 Å². The summed E-state index contributed by atoms with van der Waals surface area (Å²) in [7, 11) is -2.99. The van der Waals surface area contributed by atoms with Crippen LogP contribution in [0.5, 0.6) is 0 Å². The highest BCUT2D eigenvalue weighted by Gasteiger charge is 2.23. The first-order valence-corrected chi connectivity index (χ1v) is 8.81. The lowest BCUT2D eigenvalue weighted by Gasteiger charge is -2.12. The fourth-order valence-corrected chi connectivity index (χ4v) is 4.85. The minimum atomic E-state index is -2.99. The molecule has 1 aliphatic rings. The van der Waals surface area contributed by atoms with E-state index in [0.717, 1.165) is 29.5 Å². The molecule has 1 aliphatic carbocycles. The van der Waals surface area contributed by atoms with Gasteiger partial charge in [-0.3, -0.25) is 0 Å². The molecule has 2 rings (SSSR count). The second-order valence-corrected chi connectivity index (χ2v) is 7.78. The number of nitrogens with two attached hydrogens (primary N) is 1. The summed E-state index contributed by atoms with van der Waals surface area (Å²) >= 11 is 0. The highest BCUT2D eigenvalue weighted by Crippen LogP contribution is 2.27. The topological polar surface area (TPSA) is 60.2 Å². The summed E-state index contributed by atoms with van der Waals surface area (Å²) in [6, 6.07) is 5.82. The van der Waals surface area contributed by atoms with Crippen molar-refractivity contribution < 1.29 is 8.42 Å². The minimum absolute atomic E-state index is 0.167. The Morgan fingerprint density at radius 1 is 1.26 bits per heavy atom. The lowest BCUT2D eigenvalue weighted by Crippen LogP contribution is -2.16. The summed E-state index contributed by atoms with van der Waals surface area (Å²) in [4.78, 5) is 0. The first kappa shape index (κ1) is 14.5. The lowest BCUT2D eigenvalue weighted by molar-refractivity contribution is 0.558. The molecule has 1 aromatic rings. The van der Waals surface area contributed by atoms with Crippen LogP contribution in [0.3, 0.4) is 0 Å². The average molecular weight is 281 g/mol. The summed E-state index contributed by atoms with van der Waals surface area (Å²) in [5, 5.41) is 0. The van der Waals surface area contributed by atoms with Gasteiger partial charge in [0.25, 0.3) is 0 Å². The lowest BCUT2D eigenvalue weighted by atomic mass is 10.1. The van der Waals surface area contributed by atoms with E-state index < -0.39 is 9.84 Å². The van der Waals surface area contributed by atoms with Crippen LogP contribution in [0.4, 0.5) is 0 Å². The highest BCUT2D eigenvalue weighted by molar-refractivity contribution is 7.90. The van der Waals surface area contributed by atoms with Gasteiger partial charge in [-0.2, -0.15) is 0 Å². The van der Waals surface area contributed by atoms with Crippen LogP contribution in [-0.4, -0.2) is 14.2 Å². The third-order valence-electron chi connectivity index (χ3n) is 3.98. The van der Waals surface area contributed by atoms with Gasteiger partial charge in [0.1, 0.15) is 0 Å². The van der Waals surface area contributed by atoms with Gasteiger partial charge in [-0.1, -0.05) is 31.0 Å². The maximum Gasteiger partial charge on any atom is 0.154 e. The van der Waals surface area contributed by atoms with Gasteiger partial charge < -0.3 is 5.73 Å². The van der Waals surface area contributed by atoms with Crippen LogP contribution in [0.2, 0.25) is 0 Å². The number of hydrogen-bond donors (Lipinski definition) is 1. The van der Waals surface area contributed by atoms with Crippen LogP contribution in [-0.2, 0) is 22.1 Å². The molecule has 3 nitrogen and oxygen atoms in total. The van der Waals surface area contributed by atoms with E-state index in [-0.39, 0.29) is 5.75 Å². The van der Waals surface area contributed by atoms with Crippen LogP contribution in [0.25, 0.3) is 0 Å². The van der Waals surface area contributed by atoms with Gasteiger partial charge >= 0.3 is 0 Å². The largest absolute Gasteiger partial charge is 0.326 e. The Kier molecular flexibility index (Phi) is 4.63. The Hall–Kier alpha value is -0.870. The Balaban J connectivity index is 2.06. The first-order chi connectivity index (χ1) is 9.00. The van der Waals surface area contributed by atoms with Crippen molar-refractivity contribution in [1.82, 2.24) is 0 Å². The standard InChI is InChI=1S/C15H23NO2S/c1-12-8-14(9-16)6-7-15(12)11-19(17,18)10-13-4-2-3-5-13/h6-8,13H,2-5,9-11,16H2,1H3. The molecule has 19 heavy (non-hydrogen) atoms. The molecule has 1 aromatic carbocycles. The summed E-state index contributed by atoms with van der Waals surface area (Å²) in [5.41, 5.74) is 8.58. The van der Waals surface area contributed by atoms with Crippen LogP contribution in [0.1, 0.15) is 42.4 Å². The van der Waals surface area contributed by atoms with Crippen LogP contribution in [0.15, 0.2) is 18.2 Å². The molecule has 0 atom stereocenters. The molecule has 0 aromatic heterocycles. The minimum Gasteiger partial charge on any atom is -0.326 e. The number of hydrogen-bond acceptors (Lipinski definition) is 3. The summed E-state index contributed by atoms with van der Waals surface area (Å²) in [6.07, 6.45) is 4.52. The molecule has 1 saturated carbocycles. The fourth-order valence-electron chi connectivity index (χ4n) is 2.88. The van der Waals surface area contributed by atoms with E-state index in [9.17, 15) is 8.42 Å². The maximum absolute atomic E-state index is 12.2. The smallest absolute Gasteiger partial charge is 0.154 e. The van der Waals surface area contributed by atoms with Crippen molar-refractivity contribution in [1.29, 1.82) is 0 Å². The Morgan fingerprint density at radius 2 is 1.95 bits per heavy atom. The highest BCUT2D eigenvalue weighted by atomic mass is 32.2. The molecule has 1 fully saturated rings. The van der Waals surface area contributed by atoms with E-state index in [1.807, 2.05) is 25.1 Å². The van der Waals surface area contributed by atoms with Crippen LogP contribution >= 0.6 is 0 Å². The molecule has 0 radical (unpaired) electrons. The van der Waals surface area contributed by atoms with Crippen LogP contribution < -0.4 is 5.73 Å². The molecular formula is C15H23NO2S. The monoisotopic (exact) mass is 281 g/mol. The van der Waals surface area contributed by atoms with Crippen molar-refractivity contribution in [3.8, 4) is 0 Å². The van der Waals surface area contributed by atoms with Crippen LogP contribution in [0, 0.1) is 12.8 Å². The van der Waals surface area contributed by atoms with Crippen molar-refractivity contribution in [2.24, 2.45) is 11.7 Å². The van der Waals surface area contributed by atoms with E-state index in [2.05, 4.69) is 0 Å². The molecule has 0 bridgehead atoms. The van der Waals surface area contributed by atoms with Crippen molar-refractivity contribution >= 4 is 9.84 Å². The van der Waals surface area contributed by atoms with E-state index >= 15 is 0 Å². The molecule has 0 unspecified atom stereocenters. The predicted molar refractivity (Wildman–Crippen MR) is 78.5 cm³/mol. The maximum atomic E-state index is 12.2. The molecule has 2 N–H and O–H groups in total. The fraction of sp³-hybridized carbons (Fsp3) is 0.600. The Labute approximate surface area is 116 Å². The molecule has 0 amide bonds. The molecule has 0 aliphatic heterocycles. The normalized spacial score (nSPS) is 16.9. The number of benzene rings is 1. The van der Waals surface area contributed by atoms with Gasteiger partial charge in [0.15, 0.2) is 9.84 Å². The van der Waals surface area contributed by atoms with Crippen molar-refractivity contribution in [2.45, 2.75) is 44.9 Å². The summed E-state index contributed by atoms with van der Waals surface area (Å²) < 4.78 is 24.5. The van der Waals surface area contributed by atoms with E-state index in [0.29, 0.717) is 18.2 Å². The Bertz CT molecular complexity index is 531. The summed E-state index contributed by atoms with van der Waals surface area (Å²) in [6.45, 7) is 2.45. The second-order valence-electron chi connectivity index (χ2n) is 5.67. The molecule has 0 spiro atoms. The van der Waals surface area contributed by atoms with Gasteiger partial charge in [0.05, 0.1) is 11.5 Å². The molecular weight excluding hydrogens is 258 g/mol. The van der Waals surface area contributed by atoms with E-state index in [1.54, 1.807) is 0 Å². The van der Waals surface area contributed by atoms with Gasteiger partial charge in [-0.15, -0.1) is 0 Å². The zero-order chi connectivity index (χ0) is 13.9. The number of rotatable bonds is 5. The Morgan fingerprint density at radius 3 is 2.53 bits per heavy atom. The third kappa shape index (κ3) is 4.05. The first-order valence-electron chi connectivity index (χ1n) is 6.99. The SMILES string of the molecule is Cc1cc(CN)ccc1CS(=O)(=O)CC1CCCC1. The second kappa shape index (κ2) is 6.06. The number of sulfone groups is 1. The van der Waals surface area contributed by atoms with Crippen molar-refractivity contribution in [2.75, 3.05) is 5.75 Å². The molecule has 0 saturated heterocycles. The third-order valence-corrected chi connectivity index (χ3v) is 5.71. The molecule has 4 heteroatoms. The van der Waals surface area contributed by atoms with Gasteiger partial charge in [-0.05, 0) is 42.4 Å². The quantitative estimate of drug-likeness (QED) is 0.902. The van der Waals surface area contributed by atoms with Gasteiger partial charge in [-0.25, -0.2) is 8.42 Å². The van der Waals surface area contributed by atoms with Gasteiger partial charge in [0.2, 0.25) is 0 Å². The molecule has 0 heterocycles. The zero-order valence-electron chi connectivity index (χ0n) is 11.6. The summed E-state index contributed by atoms with van der Waals surface area (Å²) in [5.74, 6) is 0.902. The molecule has 106 valence electrons. The average Bonchev–Trinajstić information content (AvgIpc) is 2.83. The van der Waals surface area contributed by atoms with Crippen molar-refractivity contribution in [3.05, 3.63) is 34.9 Å². The zero-order valence-corrected chi connectivity index (χ0v) is 12.4. The predicted octanol–water partition coefficient (Wildman–Crippen LogP) is 2.56. The van der Waals surface area contributed by atoms with E-state index in [4.69, 9.17) is 5.73 Å². The number of aryl methyl sites for hydroxylation is 1. The van der Waals surface area contributed by atoms with Crippen molar-refractivity contribution in [3.63, 3.8) is 0 Å². The van der Waals surface area contributed by atoms with Gasteiger partial charge in [0, 0.05) is 6.54 Å².